The Kier molecular flexibility index (Phi) is 2.48. The Balaban J connectivity index is 1.83. The second-order valence-corrected chi connectivity index (χ2v) is 4.53. The van der Waals surface area contributed by atoms with Crippen molar-refractivity contribution in [1.29, 1.82) is 0 Å². The molecule has 0 amide bonds. The molecule has 0 spiro atoms. The summed E-state index contributed by atoms with van der Waals surface area (Å²) in [4.78, 5) is 7.89. The Hall–Kier alpha value is -1.62. The maximum absolute atomic E-state index is 5.72. The molecule has 0 bridgehead atoms. The van der Waals surface area contributed by atoms with E-state index >= 15 is 0 Å². The van der Waals surface area contributed by atoms with Gasteiger partial charge in [0.2, 0.25) is 5.28 Å². The van der Waals surface area contributed by atoms with Gasteiger partial charge in [-0.1, -0.05) is 0 Å². The first-order chi connectivity index (χ1) is 8.22. The molecule has 2 aromatic rings. The first kappa shape index (κ1) is 10.5. The van der Waals surface area contributed by atoms with E-state index in [-0.39, 0.29) is 5.28 Å². The van der Waals surface area contributed by atoms with Crippen molar-refractivity contribution in [1.82, 2.24) is 19.7 Å². The Morgan fingerprint density at radius 1 is 1.41 bits per heavy atom. The van der Waals surface area contributed by atoms with Crippen LogP contribution in [0.1, 0.15) is 24.5 Å². The van der Waals surface area contributed by atoms with Gasteiger partial charge >= 0.3 is 0 Å². The summed E-state index contributed by atoms with van der Waals surface area (Å²) < 4.78 is 1.92. The molecule has 0 atom stereocenters. The Bertz CT molecular complexity index is 547. The number of hydrogen-bond donors (Lipinski definition) is 1. The quantitative estimate of drug-likeness (QED) is 0.849. The number of aryl methyl sites for hydroxylation is 1. The third kappa shape index (κ3) is 2.24. The molecule has 1 aliphatic rings. The molecular weight excluding hydrogens is 238 g/mol. The lowest BCUT2D eigenvalue weighted by atomic mass is 10.3. The summed E-state index contributed by atoms with van der Waals surface area (Å²) in [6.45, 7) is 0. The van der Waals surface area contributed by atoms with Crippen LogP contribution in [-0.4, -0.2) is 19.7 Å². The van der Waals surface area contributed by atoms with E-state index in [1.165, 1.54) is 18.5 Å². The number of anilines is 2. The summed E-state index contributed by atoms with van der Waals surface area (Å²) in [6, 6.07) is 3.82. The van der Waals surface area contributed by atoms with E-state index in [2.05, 4.69) is 26.4 Å². The van der Waals surface area contributed by atoms with Crippen molar-refractivity contribution in [3.63, 3.8) is 0 Å². The molecule has 0 unspecified atom stereocenters. The second-order valence-electron chi connectivity index (χ2n) is 4.19. The number of nitrogens with zero attached hydrogens (tertiary/aromatic N) is 4. The van der Waals surface area contributed by atoms with E-state index in [4.69, 9.17) is 11.6 Å². The van der Waals surface area contributed by atoms with Gasteiger partial charge in [0, 0.05) is 30.9 Å². The third-order valence-corrected chi connectivity index (χ3v) is 2.98. The molecule has 1 fully saturated rings. The van der Waals surface area contributed by atoms with Crippen LogP contribution in [0.5, 0.6) is 0 Å². The lowest BCUT2D eigenvalue weighted by Crippen LogP contribution is -1.98. The molecule has 0 aromatic carbocycles. The average Bonchev–Trinajstić information content (AvgIpc) is 3.04. The Morgan fingerprint density at radius 3 is 2.94 bits per heavy atom. The van der Waals surface area contributed by atoms with Crippen molar-refractivity contribution in [3.05, 3.63) is 29.3 Å². The standard InChI is InChI=1S/C11H12ClN5/c1-17-8(7-2-3-7)6-10(16-17)14-9-4-5-13-11(12)15-9/h4-7H,2-3H2,1H3,(H,13,14,15,16). The molecule has 1 N–H and O–H groups in total. The van der Waals surface area contributed by atoms with E-state index in [9.17, 15) is 0 Å². The summed E-state index contributed by atoms with van der Waals surface area (Å²) in [7, 11) is 1.96. The van der Waals surface area contributed by atoms with E-state index in [1.54, 1.807) is 12.3 Å². The minimum Gasteiger partial charge on any atom is -0.323 e. The minimum atomic E-state index is 0.230. The van der Waals surface area contributed by atoms with E-state index in [0.29, 0.717) is 11.7 Å². The zero-order valence-electron chi connectivity index (χ0n) is 9.39. The second kappa shape index (κ2) is 4.00. The van der Waals surface area contributed by atoms with Gasteiger partial charge < -0.3 is 5.32 Å². The van der Waals surface area contributed by atoms with Gasteiger partial charge in [0.1, 0.15) is 5.82 Å². The highest BCUT2D eigenvalue weighted by atomic mass is 35.5. The van der Waals surface area contributed by atoms with Crippen molar-refractivity contribution in [2.24, 2.45) is 7.05 Å². The van der Waals surface area contributed by atoms with E-state index < -0.39 is 0 Å². The molecule has 1 saturated carbocycles. The topological polar surface area (TPSA) is 55.6 Å². The molecule has 2 heterocycles. The van der Waals surface area contributed by atoms with E-state index in [0.717, 1.165) is 5.82 Å². The molecule has 1 aliphatic carbocycles. The van der Waals surface area contributed by atoms with Crippen molar-refractivity contribution < 1.29 is 0 Å². The predicted molar refractivity (Wildman–Crippen MR) is 65.5 cm³/mol. The largest absolute Gasteiger partial charge is 0.323 e. The fourth-order valence-corrected chi connectivity index (χ4v) is 1.99. The lowest BCUT2D eigenvalue weighted by molar-refractivity contribution is 0.716. The normalized spacial score (nSPS) is 14.9. The Labute approximate surface area is 104 Å². The summed E-state index contributed by atoms with van der Waals surface area (Å²) >= 11 is 5.72. The molecule has 0 saturated heterocycles. The number of nitrogens with one attached hydrogen (secondary N) is 1. The van der Waals surface area contributed by atoms with Gasteiger partial charge in [-0.15, -0.1) is 0 Å². The number of rotatable bonds is 3. The van der Waals surface area contributed by atoms with Gasteiger partial charge in [0.25, 0.3) is 0 Å². The van der Waals surface area contributed by atoms with Gasteiger partial charge in [0.05, 0.1) is 0 Å². The highest BCUT2D eigenvalue weighted by Gasteiger charge is 2.27. The molecular formula is C11H12ClN5. The number of halogens is 1. The summed E-state index contributed by atoms with van der Waals surface area (Å²) in [5.74, 6) is 2.13. The van der Waals surface area contributed by atoms with Crippen LogP contribution in [0.2, 0.25) is 5.28 Å². The molecule has 6 heteroatoms. The first-order valence-corrected chi connectivity index (χ1v) is 5.89. The molecule has 3 rings (SSSR count). The molecule has 5 nitrogen and oxygen atoms in total. The summed E-state index contributed by atoms with van der Waals surface area (Å²) in [5.41, 5.74) is 1.27. The molecule has 2 aromatic heterocycles. The van der Waals surface area contributed by atoms with Crippen LogP contribution in [0, 0.1) is 0 Å². The first-order valence-electron chi connectivity index (χ1n) is 5.52. The van der Waals surface area contributed by atoms with Crippen LogP contribution in [0.3, 0.4) is 0 Å². The molecule has 88 valence electrons. The maximum Gasteiger partial charge on any atom is 0.224 e. The average molecular weight is 250 g/mol. The lowest BCUT2D eigenvalue weighted by Gasteiger charge is -2.00. The van der Waals surface area contributed by atoms with Crippen LogP contribution < -0.4 is 5.32 Å². The van der Waals surface area contributed by atoms with Gasteiger partial charge in [-0.25, -0.2) is 9.97 Å². The summed E-state index contributed by atoms with van der Waals surface area (Å²) in [5, 5.41) is 7.75. The smallest absolute Gasteiger partial charge is 0.224 e. The zero-order valence-corrected chi connectivity index (χ0v) is 10.1. The molecule has 0 aliphatic heterocycles. The number of aromatic nitrogens is 4. The highest BCUT2D eigenvalue weighted by molar-refractivity contribution is 6.28. The van der Waals surface area contributed by atoms with Crippen LogP contribution in [0.4, 0.5) is 11.6 Å². The monoisotopic (exact) mass is 249 g/mol. The third-order valence-electron chi connectivity index (χ3n) is 2.79. The molecule has 0 radical (unpaired) electrons. The van der Waals surface area contributed by atoms with Crippen LogP contribution in [0.15, 0.2) is 18.3 Å². The SMILES string of the molecule is Cn1nc(Nc2ccnc(Cl)n2)cc1C1CC1. The maximum atomic E-state index is 5.72. The van der Waals surface area contributed by atoms with Crippen molar-refractivity contribution in [2.75, 3.05) is 5.32 Å². The predicted octanol–water partition coefficient (Wildman–Crippen LogP) is 2.48. The van der Waals surface area contributed by atoms with Gasteiger partial charge in [-0.05, 0) is 30.5 Å². The zero-order chi connectivity index (χ0) is 11.8. The van der Waals surface area contributed by atoms with Crippen LogP contribution >= 0.6 is 11.6 Å². The van der Waals surface area contributed by atoms with Crippen molar-refractivity contribution in [2.45, 2.75) is 18.8 Å². The summed E-state index contributed by atoms with van der Waals surface area (Å²) in [6.07, 6.45) is 4.14. The number of hydrogen-bond acceptors (Lipinski definition) is 4. The fourth-order valence-electron chi connectivity index (χ4n) is 1.84. The van der Waals surface area contributed by atoms with Crippen LogP contribution in [0.25, 0.3) is 0 Å². The molecule has 17 heavy (non-hydrogen) atoms. The van der Waals surface area contributed by atoms with E-state index in [1.807, 2.05) is 11.7 Å². The van der Waals surface area contributed by atoms with Gasteiger partial charge in [0.15, 0.2) is 5.82 Å². The Morgan fingerprint density at radius 2 is 2.24 bits per heavy atom. The fraction of sp³-hybridized carbons (Fsp3) is 0.364. The van der Waals surface area contributed by atoms with Crippen LogP contribution in [-0.2, 0) is 7.05 Å². The van der Waals surface area contributed by atoms with Crippen molar-refractivity contribution >= 4 is 23.2 Å². The minimum absolute atomic E-state index is 0.230. The highest BCUT2D eigenvalue weighted by Crippen LogP contribution is 2.40. The van der Waals surface area contributed by atoms with Gasteiger partial charge in [-0.3, -0.25) is 4.68 Å². The van der Waals surface area contributed by atoms with Gasteiger partial charge in [-0.2, -0.15) is 5.10 Å². The van der Waals surface area contributed by atoms with Crippen molar-refractivity contribution in [3.8, 4) is 0 Å².